The van der Waals surface area contributed by atoms with E-state index in [0.29, 0.717) is 42.5 Å². The van der Waals surface area contributed by atoms with Gasteiger partial charge in [0.25, 0.3) is 0 Å². The second-order valence-electron chi connectivity index (χ2n) is 4.15. The van der Waals surface area contributed by atoms with Gasteiger partial charge >= 0.3 is 0 Å². The summed E-state index contributed by atoms with van der Waals surface area (Å²) >= 11 is 1.29. The van der Waals surface area contributed by atoms with Gasteiger partial charge in [-0.2, -0.15) is 0 Å². The van der Waals surface area contributed by atoms with E-state index in [2.05, 4.69) is 4.72 Å². The van der Waals surface area contributed by atoms with Gasteiger partial charge in [0.15, 0.2) is 0 Å². The second kappa shape index (κ2) is 8.71. The standard InChI is InChI=1S/C12H21NO5S2/c1-10-12(8-11(9-14)19-10)20(15,16)13-4-3-5-18-7-6-17-2/h8,13-14H,3-7,9H2,1-2H3. The molecule has 0 atom stereocenters. The van der Waals surface area contributed by atoms with Crippen molar-refractivity contribution in [3.8, 4) is 0 Å². The Morgan fingerprint density at radius 3 is 2.70 bits per heavy atom. The minimum atomic E-state index is -3.51. The Balaban J connectivity index is 2.40. The third kappa shape index (κ3) is 5.47. The van der Waals surface area contributed by atoms with Crippen LogP contribution < -0.4 is 4.72 Å². The van der Waals surface area contributed by atoms with E-state index in [1.165, 1.54) is 17.4 Å². The molecule has 0 aromatic carbocycles. The predicted octanol–water partition coefficient (Wildman–Crippen LogP) is 0.880. The lowest BCUT2D eigenvalue weighted by Crippen LogP contribution is -2.25. The van der Waals surface area contributed by atoms with Crippen molar-refractivity contribution < 1.29 is 23.0 Å². The van der Waals surface area contributed by atoms with E-state index in [1.807, 2.05) is 0 Å². The van der Waals surface area contributed by atoms with Crippen LogP contribution in [0.4, 0.5) is 0 Å². The number of methoxy groups -OCH3 is 1. The Kier molecular flexibility index (Phi) is 7.63. The number of rotatable bonds is 10. The summed E-state index contributed by atoms with van der Waals surface area (Å²) < 4.78 is 36.8. The van der Waals surface area contributed by atoms with E-state index in [-0.39, 0.29) is 11.5 Å². The van der Waals surface area contributed by atoms with Crippen molar-refractivity contribution in [1.29, 1.82) is 0 Å². The predicted molar refractivity (Wildman–Crippen MR) is 77.5 cm³/mol. The van der Waals surface area contributed by atoms with Gasteiger partial charge in [-0.1, -0.05) is 0 Å². The Labute approximate surface area is 123 Å². The molecule has 1 aromatic rings. The number of hydrogen-bond acceptors (Lipinski definition) is 6. The summed E-state index contributed by atoms with van der Waals surface area (Å²) in [6.45, 7) is 3.42. The van der Waals surface area contributed by atoms with Gasteiger partial charge in [0.2, 0.25) is 10.0 Å². The van der Waals surface area contributed by atoms with Gasteiger partial charge in [0.1, 0.15) is 0 Å². The Morgan fingerprint density at radius 1 is 1.35 bits per heavy atom. The molecular weight excluding hydrogens is 302 g/mol. The van der Waals surface area contributed by atoms with Gasteiger partial charge < -0.3 is 14.6 Å². The monoisotopic (exact) mass is 323 g/mol. The number of aliphatic hydroxyl groups excluding tert-OH is 1. The summed E-state index contributed by atoms with van der Waals surface area (Å²) in [4.78, 5) is 1.57. The molecule has 116 valence electrons. The first kappa shape index (κ1) is 17.5. The largest absolute Gasteiger partial charge is 0.391 e. The smallest absolute Gasteiger partial charge is 0.241 e. The summed E-state index contributed by atoms with van der Waals surface area (Å²) in [5.74, 6) is 0. The second-order valence-corrected chi connectivity index (χ2v) is 7.22. The van der Waals surface area contributed by atoms with E-state index in [4.69, 9.17) is 14.6 Å². The minimum absolute atomic E-state index is 0.144. The van der Waals surface area contributed by atoms with Crippen LogP contribution in [-0.4, -0.2) is 47.0 Å². The summed E-state index contributed by atoms with van der Waals surface area (Å²) in [5.41, 5.74) is 0. The van der Waals surface area contributed by atoms with Crippen LogP contribution >= 0.6 is 11.3 Å². The number of nitrogens with one attached hydrogen (secondary N) is 1. The number of thiophene rings is 1. The quantitative estimate of drug-likeness (QED) is 0.624. The summed E-state index contributed by atoms with van der Waals surface area (Å²) in [5, 5.41) is 9.03. The SMILES string of the molecule is COCCOCCCNS(=O)(=O)c1cc(CO)sc1C. The van der Waals surface area contributed by atoms with Gasteiger partial charge in [-0.05, 0) is 19.4 Å². The van der Waals surface area contributed by atoms with Crippen LogP contribution in [0.5, 0.6) is 0 Å². The fourth-order valence-corrected chi connectivity index (χ4v) is 4.14. The average molecular weight is 323 g/mol. The van der Waals surface area contributed by atoms with Crippen molar-refractivity contribution in [3.63, 3.8) is 0 Å². The lowest BCUT2D eigenvalue weighted by atomic mass is 10.4. The molecule has 0 radical (unpaired) electrons. The zero-order valence-corrected chi connectivity index (χ0v) is 13.3. The number of aliphatic hydroxyl groups is 1. The van der Waals surface area contributed by atoms with Crippen LogP contribution in [0, 0.1) is 6.92 Å². The van der Waals surface area contributed by atoms with E-state index < -0.39 is 10.0 Å². The van der Waals surface area contributed by atoms with E-state index in [9.17, 15) is 8.42 Å². The van der Waals surface area contributed by atoms with E-state index in [1.54, 1.807) is 14.0 Å². The molecule has 1 aromatic heterocycles. The average Bonchev–Trinajstić information content (AvgIpc) is 2.80. The lowest BCUT2D eigenvalue weighted by molar-refractivity contribution is 0.0699. The van der Waals surface area contributed by atoms with Gasteiger partial charge in [0, 0.05) is 30.0 Å². The molecule has 0 saturated carbocycles. The highest BCUT2D eigenvalue weighted by atomic mass is 32.2. The first-order valence-electron chi connectivity index (χ1n) is 6.27. The zero-order chi connectivity index (χ0) is 15.0. The van der Waals surface area contributed by atoms with Crippen LogP contribution in [0.3, 0.4) is 0 Å². The Morgan fingerprint density at radius 2 is 2.10 bits per heavy atom. The van der Waals surface area contributed by atoms with E-state index >= 15 is 0 Å². The van der Waals surface area contributed by atoms with Crippen LogP contribution in [0.15, 0.2) is 11.0 Å². The van der Waals surface area contributed by atoms with Gasteiger partial charge in [-0.15, -0.1) is 11.3 Å². The van der Waals surface area contributed by atoms with Gasteiger partial charge in [-0.3, -0.25) is 0 Å². The van der Waals surface area contributed by atoms with Crippen molar-refractivity contribution >= 4 is 21.4 Å². The molecule has 6 nitrogen and oxygen atoms in total. The zero-order valence-electron chi connectivity index (χ0n) is 11.7. The van der Waals surface area contributed by atoms with Crippen molar-refractivity contribution in [2.24, 2.45) is 0 Å². The van der Waals surface area contributed by atoms with Crippen LogP contribution in [0.1, 0.15) is 16.2 Å². The normalized spacial score (nSPS) is 11.9. The molecule has 0 saturated heterocycles. The number of sulfonamides is 1. The molecule has 0 spiro atoms. The van der Waals surface area contributed by atoms with Crippen molar-refractivity contribution in [3.05, 3.63) is 15.8 Å². The molecule has 0 fully saturated rings. The maximum Gasteiger partial charge on any atom is 0.241 e. The number of hydrogen-bond donors (Lipinski definition) is 2. The van der Waals surface area contributed by atoms with Crippen molar-refractivity contribution in [2.75, 3.05) is 33.5 Å². The first-order chi connectivity index (χ1) is 9.51. The van der Waals surface area contributed by atoms with Crippen LogP contribution in [0.25, 0.3) is 0 Å². The molecule has 1 rings (SSSR count). The molecular formula is C12H21NO5S2. The summed E-state index contributed by atoms with van der Waals surface area (Å²) in [6.07, 6.45) is 0.596. The third-order valence-corrected chi connectivity index (χ3v) is 5.31. The molecule has 20 heavy (non-hydrogen) atoms. The van der Waals surface area contributed by atoms with Gasteiger partial charge in [-0.25, -0.2) is 13.1 Å². The van der Waals surface area contributed by atoms with Crippen LogP contribution in [0.2, 0.25) is 0 Å². The third-order valence-electron chi connectivity index (χ3n) is 2.56. The minimum Gasteiger partial charge on any atom is -0.391 e. The number of aryl methyl sites for hydroxylation is 1. The molecule has 0 aliphatic carbocycles. The molecule has 0 aliphatic rings. The molecule has 0 aliphatic heterocycles. The highest BCUT2D eigenvalue weighted by Gasteiger charge is 2.19. The molecule has 2 N–H and O–H groups in total. The number of ether oxygens (including phenoxy) is 2. The van der Waals surface area contributed by atoms with Crippen molar-refractivity contribution in [1.82, 2.24) is 4.72 Å². The maximum atomic E-state index is 12.1. The highest BCUT2D eigenvalue weighted by Crippen LogP contribution is 2.25. The molecule has 0 amide bonds. The fraction of sp³-hybridized carbons (Fsp3) is 0.667. The first-order valence-corrected chi connectivity index (χ1v) is 8.57. The van der Waals surface area contributed by atoms with E-state index in [0.717, 1.165) is 0 Å². The maximum absolute atomic E-state index is 12.1. The Bertz CT molecular complexity index is 498. The summed E-state index contributed by atoms with van der Waals surface area (Å²) in [6, 6.07) is 1.51. The van der Waals surface area contributed by atoms with Gasteiger partial charge in [0.05, 0.1) is 24.7 Å². The molecule has 8 heteroatoms. The van der Waals surface area contributed by atoms with Crippen LogP contribution in [-0.2, 0) is 26.1 Å². The fourth-order valence-electron chi connectivity index (χ4n) is 1.57. The lowest BCUT2D eigenvalue weighted by Gasteiger charge is -2.06. The van der Waals surface area contributed by atoms with Crippen molar-refractivity contribution in [2.45, 2.75) is 24.8 Å². The summed E-state index contributed by atoms with van der Waals surface area (Å²) in [7, 11) is -1.91. The molecule has 0 bridgehead atoms. The molecule has 1 heterocycles. The Hall–Kier alpha value is -0.510. The highest BCUT2D eigenvalue weighted by molar-refractivity contribution is 7.89. The molecule has 0 unspecified atom stereocenters. The topological polar surface area (TPSA) is 84.9 Å².